The summed E-state index contributed by atoms with van der Waals surface area (Å²) in [6.07, 6.45) is 3.78. The van der Waals surface area contributed by atoms with Gasteiger partial charge >= 0.3 is 0 Å². The number of rotatable bonds is 10. The molecule has 158 valence electrons. The van der Waals surface area contributed by atoms with Gasteiger partial charge < -0.3 is 15.4 Å². The van der Waals surface area contributed by atoms with Crippen molar-refractivity contribution in [3.05, 3.63) is 54.4 Å². The van der Waals surface area contributed by atoms with E-state index in [4.69, 9.17) is 4.74 Å². The van der Waals surface area contributed by atoms with Crippen LogP contribution >= 0.6 is 0 Å². The summed E-state index contributed by atoms with van der Waals surface area (Å²) in [5, 5.41) is 6.35. The smallest absolute Gasteiger partial charge is 0.242 e. The fraction of sp³-hybridized carbons (Fsp3) is 0.400. The summed E-state index contributed by atoms with van der Waals surface area (Å²) < 4.78 is 32.0. The summed E-state index contributed by atoms with van der Waals surface area (Å²) in [6.45, 7) is 3.56. The Kier molecular flexibility index (Phi) is 8.88. The van der Waals surface area contributed by atoms with Crippen LogP contribution in [-0.4, -0.2) is 53.2 Å². The lowest BCUT2D eigenvalue weighted by Gasteiger charge is -2.15. The molecular formula is C20H29N5O3S. The SMILES string of the molecule is CN=C(NCCNS(=O)(=O)c1cccnc1)NCCC(C)c1ccc(OC)cc1. The second-order valence-corrected chi connectivity index (χ2v) is 8.24. The Morgan fingerprint density at radius 1 is 1.14 bits per heavy atom. The number of aromatic nitrogens is 1. The van der Waals surface area contributed by atoms with E-state index in [1.807, 2.05) is 12.1 Å². The summed E-state index contributed by atoms with van der Waals surface area (Å²) in [4.78, 5) is 8.14. The average Bonchev–Trinajstić information content (AvgIpc) is 2.76. The number of ether oxygens (including phenoxy) is 1. The maximum Gasteiger partial charge on any atom is 0.242 e. The van der Waals surface area contributed by atoms with Crippen LogP contribution in [0.2, 0.25) is 0 Å². The molecule has 1 aromatic carbocycles. The van der Waals surface area contributed by atoms with Gasteiger partial charge in [-0.2, -0.15) is 0 Å². The van der Waals surface area contributed by atoms with Gasteiger partial charge in [-0.3, -0.25) is 9.98 Å². The minimum absolute atomic E-state index is 0.148. The Morgan fingerprint density at radius 3 is 2.48 bits per heavy atom. The normalized spacial score (nSPS) is 13.0. The van der Waals surface area contributed by atoms with Crippen molar-refractivity contribution in [2.45, 2.75) is 24.2 Å². The number of aliphatic imine (C=N–C) groups is 1. The topological polar surface area (TPSA) is 105 Å². The molecule has 1 heterocycles. The first-order chi connectivity index (χ1) is 14.0. The molecule has 9 heteroatoms. The van der Waals surface area contributed by atoms with Gasteiger partial charge in [0.25, 0.3) is 0 Å². The van der Waals surface area contributed by atoms with Crippen LogP contribution in [-0.2, 0) is 10.0 Å². The molecule has 8 nitrogen and oxygen atoms in total. The van der Waals surface area contributed by atoms with Crippen molar-refractivity contribution < 1.29 is 13.2 Å². The Bertz CT molecular complexity index is 871. The van der Waals surface area contributed by atoms with E-state index in [0.29, 0.717) is 18.4 Å². The minimum atomic E-state index is -3.55. The van der Waals surface area contributed by atoms with Crippen molar-refractivity contribution >= 4 is 16.0 Å². The summed E-state index contributed by atoms with van der Waals surface area (Å²) >= 11 is 0. The fourth-order valence-electron chi connectivity index (χ4n) is 2.68. The molecule has 0 aliphatic heterocycles. The van der Waals surface area contributed by atoms with Crippen molar-refractivity contribution in [1.29, 1.82) is 0 Å². The Hall–Kier alpha value is -2.65. The lowest BCUT2D eigenvalue weighted by Crippen LogP contribution is -2.42. The highest BCUT2D eigenvalue weighted by Crippen LogP contribution is 2.21. The number of nitrogens with zero attached hydrogens (tertiary/aromatic N) is 2. The van der Waals surface area contributed by atoms with E-state index < -0.39 is 10.0 Å². The zero-order chi connectivity index (χ0) is 21.1. The van der Waals surface area contributed by atoms with Crippen LogP contribution in [0.1, 0.15) is 24.8 Å². The Labute approximate surface area is 172 Å². The summed E-state index contributed by atoms with van der Waals surface area (Å²) in [6, 6.07) is 11.2. The van der Waals surface area contributed by atoms with Gasteiger partial charge in [-0.1, -0.05) is 19.1 Å². The number of benzene rings is 1. The van der Waals surface area contributed by atoms with Crippen molar-refractivity contribution in [1.82, 2.24) is 20.3 Å². The first kappa shape index (κ1) is 22.6. The van der Waals surface area contributed by atoms with Crippen LogP contribution in [0.15, 0.2) is 58.7 Å². The lowest BCUT2D eigenvalue weighted by atomic mass is 9.98. The van der Waals surface area contributed by atoms with Crippen LogP contribution < -0.4 is 20.1 Å². The van der Waals surface area contributed by atoms with Crippen molar-refractivity contribution in [2.24, 2.45) is 4.99 Å². The molecule has 2 aromatic rings. The second kappa shape index (κ2) is 11.4. The van der Waals surface area contributed by atoms with Gasteiger partial charge in [0.05, 0.1) is 7.11 Å². The van der Waals surface area contributed by atoms with Gasteiger partial charge in [-0.25, -0.2) is 13.1 Å². The molecule has 2 rings (SSSR count). The molecule has 0 radical (unpaired) electrons. The Balaban J connectivity index is 1.69. The Morgan fingerprint density at radius 2 is 1.86 bits per heavy atom. The number of hydrogen-bond acceptors (Lipinski definition) is 5. The summed E-state index contributed by atoms with van der Waals surface area (Å²) in [5.74, 6) is 1.87. The van der Waals surface area contributed by atoms with Gasteiger partial charge in [0.15, 0.2) is 5.96 Å². The zero-order valence-corrected chi connectivity index (χ0v) is 17.9. The maximum atomic E-state index is 12.1. The quantitative estimate of drug-likeness (QED) is 0.308. The number of sulfonamides is 1. The number of guanidine groups is 1. The molecule has 0 bridgehead atoms. The maximum absolute atomic E-state index is 12.1. The highest BCUT2D eigenvalue weighted by molar-refractivity contribution is 7.89. The molecule has 0 fully saturated rings. The van der Waals surface area contributed by atoms with E-state index in [1.54, 1.807) is 20.2 Å². The third-order valence-electron chi connectivity index (χ3n) is 4.43. The predicted octanol–water partition coefficient (Wildman–Crippen LogP) is 1.73. The second-order valence-electron chi connectivity index (χ2n) is 6.48. The number of methoxy groups -OCH3 is 1. The molecule has 1 unspecified atom stereocenters. The van der Waals surface area contributed by atoms with Crippen LogP contribution in [0.5, 0.6) is 5.75 Å². The standard InChI is InChI=1S/C20H29N5O3S/c1-16(17-6-8-18(28-3)9-7-17)10-12-23-20(21-2)24-13-14-25-29(26,27)19-5-4-11-22-15-19/h4-9,11,15-16,25H,10,12-14H2,1-3H3,(H2,21,23,24). The zero-order valence-electron chi connectivity index (χ0n) is 17.1. The third-order valence-corrected chi connectivity index (χ3v) is 5.88. The molecule has 0 aliphatic carbocycles. The highest BCUT2D eigenvalue weighted by Gasteiger charge is 2.13. The molecule has 0 aliphatic rings. The summed E-state index contributed by atoms with van der Waals surface area (Å²) in [7, 11) is -0.210. The number of hydrogen-bond donors (Lipinski definition) is 3. The van der Waals surface area contributed by atoms with Crippen LogP contribution in [0.4, 0.5) is 0 Å². The van der Waals surface area contributed by atoms with E-state index in [2.05, 4.69) is 44.4 Å². The molecule has 0 saturated heterocycles. The van der Waals surface area contributed by atoms with E-state index in [1.165, 1.54) is 24.0 Å². The van der Waals surface area contributed by atoms with Crippen LogP contribution in [0.25, 0.3) is 0 Å². The molecule has 1 atom stereocenters. The lowest BCUT2D eigenvalue weighted by molar-refractivity contribution is 0.414. The monoisotopic (exact) mass is 419 g/mol. The molecular weight excluding hydrogens is 390 g/mol. The number of pyridine rings is 1. The van der Waals surface area contributed by atoms with Gasteiger partial charge in [-0.15, -0.1) is 0 Å². The van der Waals surface area contributed by atoms with Gasteiger partial charge in [0, 0.05) is 39.1 Å². The highest BCUT2D eigenvalue weighted by atomic mass is 32.2. The van der Waals surface area contributed by atoms with E-state index in [9.17, 15) is 8.42 Å². The van der Waals surface area contributed by atoms with Gasteiger partial charge in [0.2, 0.25) is 10.0 Å². The third kappa shape index (κ3) is 7.35. The molecule has 0 spiro atoms. The molecule has 1 aromatic heterocycles. The first-order valence-corrected chi connectivity index (χ1v) is 10.9. The summed E-state index contributed by atoms with van der Waals surface area (Å²) in [5.41, 5.74) is 1.25. The van der Waals surface area contributed by atoms with E-state index in [-0.39, 0.29) is 11.4 Å². The largest absolute Gasteiger partial charge is 0.497 e. The molecule has 29 heavy (non-hydrogen) atoms. The number of nitrogens with one attached hydrogen (secondary N) is 3. The molecule has 3 N–H and O–H groups in total. The van der Waals surface area contributed by atoms with Crippen LogP contribution in [0.3, 0.4) is 0 Å². The first-order valence-electron chi connectivity index (χ1n) is 9.44. The fourth-order valence-corrected chi connectivity index (χ4v) is 3.68. The van der Waals surface area contributed by atoms with Gasteiger partial charge in [0.1, 0.15) is 10.6 Å². The van der Waals surface area contributed by atoms with E-state index >= 15 is 0 Å². The predicted molar refractivity (Wildman–Crippen MR) is 115 cm³/mol. The van der Waals surface area contributed by atoms with E-state index in [0.717, 1.165) is 18.7 Å². The van der Waals surface area contributed by atoms with Crippen molar-refractivity contribution in [3.63, 3.8) is 0 Å². The van der Waals surface area contributed by atoms with Crippen molar-refractivity contribution in [2.75, 3.05) is 33.8 Å². The van der Waals surface area contributed by atoms with Crippen LogP contribution in [0, 0.1) is 0 Å². The minimum Gasteiger partial charge on any atom is -0.497 e. The molecule has 0 saturated carbocycles. The molecule has 0 amide bonds. The average molecular weight is 420 g/mol. The van der Waals surface area contributed by atoms with Crippen molar-refractivity contribution in [3.8, 4) is 5.75 Å². The van der Waals surface area contributed by atoms with Gasteiger partial charge in [-0.05, 0) is 42.2 Å².